The van der Waals surface area contributed by atoms with E-state index in [1.807, 2.05) is 0 Å². The molecule has 0 aliphatic carbocycles. The average molecular weight is 215 g/mol. The Bertz CT molecular complexity index is 205. The standard InChI is InChI=1S/C10H21N3O2/c11-8(10(14)15)4-5-9(12)13-6-2-1-3-7-13/h8-9H,1-7,11-12H2,(H,14,15)/t8-,9?/m0/s1. The molecule has 0 bridgehead atoms. The Morgan fingerprint density at radius 2 is 1.80 bits per heavy atom. The van der Waals surface area contributed by atoms with Gasteiger partial charge in [-0.1, -0.05) is 6.42 Å². The van der Waals surface area contributed by atoms with Crippen LogP contribution in [0.2, 0.25) is 0 Å². The Morgan fingerprint density at radius 1 is 1.20 bits per heavy atom. The van der Waals surface area contributed by atoms with Gasteiger partial charge in [-0.2, -0.15) is 0 Å². The molecule has 1 rings (SSSR count). The molecule has 1 unspecified atom stereocenters. The molecule has 1 heterocycles. The third kappa shape index (κ3) is 4.15. The molecule has 1 fully saturated rings. The minimum absolute atomic E-state index is 0.0318. The summed E-state index contributed by atoms with van der Waals surface area (Å²) in [7, 11) is 0. The number of nitrogens with zero attached hydrogens (tertiary/aromatic N) is 1. The molecule has 1 aliphatic rings. The fraction of sp³-hybridized carbons (Fsp3) is 0.900. The molecule has 5 N–H and O–H groups in total. The lowest BCUT2D eigenvalue weighted by Crippen LogP contribution is -2.46. The van der Waals surface area contributed by atoms with E-state index in [2.05, 4.69) is 4.90 Å². The number of rotatable bonds is 5. The van der Waals surface area contributed by atoms with Gasteiger partial charge in [0.2, 0.25) is 0 Å². The van der Waals surface area contributed by atoms with Gasteiger partial charge in [0, 0.05) is 0 Å². The van der Waals surface area contributed by atoms with Crippen LogP contribution >= 0.6 is 0 Å². The molecule has 1 saturated heterocycles. The van der Waals surface area contributed by atoms with Crippen molar-refractivity contribution in [2.75, 3.05) is 13.1 Å². The lowest BCUT2D eigenvalue weighted by atomic mass is 10.1. The first kappa shape index (κ1) is 12.4. The minimum Gasteiger partial charge on any atom is -0.480 e. The van der Waals surface area contributed by atoms with E-state index in [0.717, 1.165) is 13.1 Å². The molecule has 0 aromatic carbocycles. The number of hydrogen-bond acceptors (Lipinski definition) is 4. The predicted octanol–water partition coefficient (Wildman–Crippen LogP) is -0.0508. The zero-order chi connectivity index (χ0) is 11.3. The summed E-state index contributed by atoms with van der Waals surface area (Å²) >= 11 is 0. The van der Waals surface area contributed by atoms with E-state index in [1.165, 1.54) is 19.3 Å². The second-order valence-electron chi connectivity index (χ2n) is 4.19. The number of carboxylic acids is 1. The SMILES string of the molecule is NC(CC[C@H](N)C(=O)O)N1CCCCC1. The van der Waals surface area contributed by atoms with Crippen LogP contribution in [-0.2, 0) is 4.79 Å². The molecule has 2 atom stereocenters. The number of hydrogen-bond donors (Lipinski definition) is 3. The van der Waals surface area contributed by atoms with Crippen molar-refractivity contribution in [1.82, 2.24) is 4.90 Å². The maximum atomic E-state index is 10.5. The van der Waals surface area contributed by atoms with Gasteiger partial charge in [-0.05, 0) is 38.8 Å². The van der Waals surface area contributed by atoms with Crippen molar-refractivity contribution in [3.8, 4) is 0 Å². The number of likely N-dealkylation sites (tertiary alicyclic amines) is 1. The van der Waals surface area contributed by atoms with Crippen LogP contribution in [0, 0.1) is 0 Å². The first-order valence-corrected chi connectivity index (χ1v) is 5.59. The van der Waals surface area contributed by atoms with Gasteiger partial charge < -0.3 is 16.6 Å². The van der Waals surface area contributed by atoms with Crippen molar-refractivity contribution >= 4 is 5.97 Å². The number of nitrogens with two attached hydrogens (primary N) is 2. The number of aliphatic carboxylic acids is 1. The molecular weight excluding hydrogens is 194 g/mol. The Kier molecular flexibility index (Phi) is 5.01. The monoisotopic (exact) mass is 215 g/mol. The topological polar surface area (TPSA) is 92.6 Å². The van der Waals surface area contributed by atoms with Gasteiger partial charge in [0.05, 0.1) is 6.17 Å². The zero-order valence-electron chi connectivity index (χ0n) is 9.06. The maximum Gasteiger partial charge on any atom is 0.320 e. The second-order valence-corrected chi connectivity index (χ2v) is 4.19. The third-order valence-electron chi connectivity index (χ3n) is 2.95. The fourth-order valence-corrected chi connectivity index (χ4v) is 1.91. The van der Waals surface area contributed by atoms with E-state index < -0.39 is 12.0 Å². The van der Waals surface area contributed by atoms with E-state index >= 15 is 0 Å². The van der Waals surface area contributed by atoms with Gasteiger partial charge in [-0.3, -0.25) is 9.69 Å². The Balaban J connectivity index is 2.22. The summed E-state index contributed by atoms with van der Waals surface area (Å²) in [5.74, 6) is -0.944. The van der Waals surface area contributed by atoms with Gasteiger partial charge in [-0.15, -0.1) is 0 Å². The highest BCUT2D eigenvalue weighted by Gasteiger charge is 2.19. The highest BCUT2D eigenvalue weighted by molar-refractivity contribution is 5.72. The molecule has 0 radical (unpaired) electrons. The van der Waals surface area contributed by atoms with Crippen molar-refractivity contribution in [3.05, 3.63) is 0 Å². The molecule has 0 spiro atoms. The van der Waals surface area contributed by atoms with Crippen LogP contribution in [-0.4, -0.2) is 41.3 Å². The van der Waals surface area contributed by atoms with Crippen LogP contribution in [0.3, 0.4) is 0 Å². The highest BCUT2D eigenvalue weighted by Crippen LogP contribution is 2.12. The molecule has 1 aliphatic heterocycles. The lowest BCUT2D eigenvalue weighted by Gasteiger charge is -2.32. The predicted molar refractivity (Wildman–Crippen MR) is 58.2 cm³/mol. The van der Waals surface area contributed by atoms with Crippen LogP contribution in [0.1, 0.15) is 32.1 Å². The number of piperidine rings is 1. The summed E-state index contributed by atoms with van der Waals surface area (Å²) in [6, 6.07) is -0.777. The first-order valence-electron chi connectivity index (χ1n) is 5.59. The van der Waals surface area contributed by atoms with Crippen LogP contribution in [0.4, 0.5) is 0 Å². The maximum absolute atomic E-state index is 10.5. The summed E-state index contributed by atoms with van der Waals surface area (Å²) in [5.41, 5.74) is 11.4. The molecule has 0 saturated carbocycles. The van der Waals surface area contributed by atoms with Gasteiger partial charge in [0.15, 0.2) is 0 Å². The largest absolute Gasteiger partial charge is 0.480 e. The summed E-state index contributed by atoms with van der Waals surface area (Å²) in [5, 5.41) is 8.63. The van der Waals surface area contributed by atoms with Crippen LogP contribution < -0.4 is 11.5 Å². The van der Waals surface area contributed by atoms with Crippen molar-refractivity contribution < 1.29 is 9.90 Å². The summed E-state index contributed by atoms with van der Waals surface area (Å²) in [6.07, 6.45) is 4.74. The second kappa shape index (κ2) is 6.05. The molecule has 5 heteroatoms. The smallest absolute Gasteiger partial charge is 0.320 e. The van der Waals surface area contributed by atoms with Crippen molar-refractivity contribution in [2.24, 2.45) is 11.5 Å². The number of carbonyl (C=O) groups is 1. The number of carboxylic acid groups (broad SMARTS) is 1. The molecule has 0 aromatic rings. The molecular formula is C10H21N3O2. The summed E-state index contributed by atoms with van der Waals surface area (Å²) in [4.78, 5) is 12.7. The summed E-state index contributed by atoms with van der Waals surface area (Å²) in [6.45, 7) is 2.06. The van der Waals surface area contributed by atoms with E-state index in [0.29, 0.717) is 12.8 Å². The lowest BCUT2D eigenvalue weighted by molar-refractivity contribution is -0.138. The summed E-state index contributed by atoms with van der Waals surface area (Å²) < 4.78 is 0. The van der Waals surface area contributed by atoms with Crippen molar-refractivity contribution in [3.63, 3.8) is 0 Å². The molecule has 0 aromatic heterocycles. The van der Waals surface area contributed by atoms with E-state index in [4.69, 9.17) is 16.6 Å². The van der Waals surface area contributed by atoms with Crippen molar-refractivity contribution in [2.45, 2.75) is 44.3 Å². The average Bonchev–Trinajstić information content (AvgIpc) is 2.26. The highest BCUT2D eigenvalue weighted by atomic mass is 16.4. The third-order valence-corrected chi connectivity index (χ3v) is 2.95. The van der Waals surface area contributed by atoms with Crippen LogP contribution in [0.15, 0.2) is 0 Å². The quantitative estimate of drug-likeness (QED) is 0.598. The van der Waals surface area contributed by atoms with Crippen LogP contribution in [0.25, 0.3) is 0 Å². The normalized spacial score (nSPS) is 22.3. The van der Waals surface area contributed by atoms with E-state index in [1.54, 1.807) is 0 Å². The first-order chi connectivity index (χ1) is 7.11. The Labute approximate surface area is 90.4 Å². The van der Waals surface area contributed by atoms with Gasteiger partial charge in [0.1, 0.15) is 6.04 Å². The minimum atomic E-state index is -0.944. The van der Waals surface area contributed by atoms with E-state index in [9.17, 15) is 4.79 Å². The molecule has 5 nitrogen and oxygen atoms in total. The fourth-order valence-electron chi connectivity index (χ4n) is 1.91. The van der Waals surface area contributed by atoms with Crippen LogP contribution in [0.5, 0.6) is 0 Å². The van der Waals surface area contributed by atoms with E-state index in [-0.39, 0.29) is 6.17 Å². The van der Waals surface area contributed by atoms with Gasteiger partial charge in [-0.25, -0.2) is 0 Å². The Hall–Kier alpha value is -0.650. The molecule has 88 valence electrons. The molecule has 0 amide bonds. The van der Waals surface area contributed by atoms with Crippen molar-refractivity contribution in [1.29, 1.82) is 0 Å². The van der Waals surface area contributed by atoms with Gasteiger partial charge in [0.25, 0.3) is 0 Å². The Morgan fingerprint density at radius 3 is 2.33 bits per heavy atom. The zero-order valence-corrected chi connectivity index (χ0v) is 9.06. The molecule has 15 heavy (non-hydrogen) atoms. The van der Waals surface area contributed by atoms with Gasteiger partial charge >= 0.3 is 5.97 Å².